The van der Waals surface area contributed by atoms with E-state index < -0.39 is 23.4 Å². The summed E-state index contributed by atoms with van der Waals surface area (Å²) in [6.07, 6.45) is 9.05. The first-order valence-corrected chi connectivity index (χ1v) is 9.51. The molecule has 0 fully saturated rings. The molecule has 158 valence electrons. The summed E-state index contributed by atoms with van der Waals surface area (Å²) >= 11 is 0. The minimum atomic E-state index is -1.10. The zero-order valence-corrected chi connectivity index (χ0v) is 17.4. The molecule has 1 atom stereocenters. The lowest BCUT2D eigenvalue weighted by molar-refractivity contribution is -0.132. The Morgan fingerprint density at radius 3 is 2.57 bits per heavy atom. The molecule has 2 rings (SSSR count). The lowest BCUT2D eigenvalue weighted by Gasteiger charge is -2.29. The third kappa shape index (κ3) is 6.92. The van der Waals surface area contributed by atoms with Crippen molar-refractivity contribution in [2.45, 2.75) is 38.8 Å². The summed E-state index contributed by atoms with van der Waals surface area (Å²) in [6, 6.07) is 5.32. The average Bonchev–Trinajstić information content (AvgIpc) is 2.92. The third-order valence-corrected chi connectivity index (χ3v) is 4.36. The van der Waals surface area contributed by atoms with Gasteiger partial charge in [-0.2, -0.15) is 0 Å². The van der Waals surface area contributed by atoms with Gasteiger partial charge in [-0.3, -0.25) is 14.8 Å². The van der Waals surface area contributed by atoms with Crippen molar-refractivity contribution in [3.05, 3.63) is 65.3 Å². The van der Waals surface area contributed by atoms with Gasteiger partial charge in [-0.1, -0.05) is 35.6 Å². The Balaban J connectivity index is 1.93. The quantitative estimate of drug-likeness (QED) is 0.327. The van der Waals surface area contributed by atoms with E-state index >= 15 is 0 Å². The van der Waals surface area contributed by atoms with Crippen LogP contribution in [0.2, 0.25) is 0 Å². The summed E-state index contributed by atoms with van der Waals surface area (Å²) in [5, 5.41) is 11.4. The Morgan fingerprint density at radius 2 is 1.93 bits per heavy atom. The third-order valence-electron chi connectivity index (χ3n) is 4.36. The molecule has 0 spiro atoms. The molecular weight excluding hydrogens is 382 g/mol. The Bertz CT molecular complexity index is 926. The van der Waals surface area contributed by atoms with Crippen LogP contribution >= 0.6 is 0 Å². The highest BCUT2D eigenvalue weighted by Crippen LogP contribution is 2.14. The minimum absolute atomic E-state index is 0.212. The van der Waals surface area contributed by atoms with Crippen molar-refractivity contribution >= 4 is 11.8 Å². The number of ether oxygens (including phenoxy) is 1. The molecule has 5 N–H and O–H groups in total. The number of hydroxylamine groups is 1. The topological polar surface area (TPSA) is 114 Å². The van der Waals surface area contributed by atoms with Gasteiger partial charge in [-0.05, 0) is 57.5 Å². The number of allylic oxidation sites excluding steroid dienone is 6. The van der Waals surface area contributed by atoms with Gasteiger partial charge in [0.2, 0.25) is 0 Å². The van der Waals surface area contributed by atoms with Crippen LogP contribution in [0, 0.1) is 11.8 Å². The largest absolute Gasteiger partial charge is 0.481 e. The number of hydrogen-bond donors (Lipinski definition) is 4. The maximum atomic E-state index is 12.4. The molecule has 0 heterocycles. The summed E-state index contributed by atoms with van der Waals surface area (Å²) in [5.41, 5.74) is 8.84. The van der Waals surface area contributed by atoms with E-state index in [4.69, 9.17) is 15.7 Å². The maximum Gasteiger partial charge on any atom is 0.267 e. The highest BCUT2D eigenvalue weighted by molar-refractivity contribution is 5.97. The predicted octanol–water partition coefficient (Wildman–Crippen LogP) is 2.24. The zero-order chi connectivity index (χ0) is 22.1. The van der Waals surface area contributed by atoms with E-state index in [2.05, 4.69) is 29.3 Å². The highest BCUT2D eigenvalue weighted by atomic mass is 16.5. The fraction of sp³-hybridized carbons (Fsp3) is 0.304. The second kappa shape index (κ2) is 10.4. The van der Waals surface area contributed by atoms with Crippen molar-refractivity contribution in [2.75, 3.05) is 6.61 Å². The van der Waals surface area contributed by atoms with Gasteiger partial charge in [0.15, 0.2) is 0 Å². The first kappa shape index (κ1) is 22.9. The number of carbonyl (C=O) groups is 2. The van der Waals surface area contributed by atoms with E-state index in [-0.39, 0.29) is 6.61 Å². The molecule has 1 aromatic carbocycles. The maximum absolute atomic E-state index is 12.4. The van der Waals surface area contributed by atoms with Gasteiger partial charge >= 0.3 is 0 Å². The molecule has 1 aliphatic rings. The second-order valence-electron chi connectivity index (χ2n) is 7.50. The Kier molecular flexibility index (Phi) is 7.98. The van der Waals surface area contributed by atoms with Gasteiger partial charge in [0.1, 0.15) is 18.4 Å². The van der Waals surface area contributed by atoms with Gasteiger partial charge in [-0.25, -0.2) is 5.48 Å². The van der Waals surface area contributed by atoms with Crippen LogP contribution in [0.3, 0.4) is 0 Å². The molecule has 30 heavy (non-hydrogen) atoms. The van der Waals surface area contributed by atoms with Gasteiger partial charge in [0.05, 0.1) is 0 Å². The van der Waals surface area contributed by atoms with Crippen LogP contribution in [0.5, 0.6) is 5.75 Å². The molecule has 1 aliphatic carbocycles. The minimum Gasteiger partial charge on any atom is -0.481 e. The normalized spacial score (nSPS) is 14.3. The average molecular weight is 409 g/mol. The lowest BCUT2D eigenvalue weighted by atomic mass is 9.95. The summed E-state index contributed by atoms with van der Waals surface area (Å²) in [4.78, 5) is 24.2. The van der Waals surface area contributed by atoms with E-state index in [1.807, 2.05) is 19.1 Å². The molecule has 0 aliphatic heterocycles. The molecule has 1 aromatic rings. The molecule has 7 heteroatoms. The van der Waals surface area contributed by atoms with Crippen LogP contribution in [0.15, 0.2) is 59.7 Å². The Labute approximate surface area is 176 Å². The van der Waals surface area contributed by atoms with Gasteiger partial charge < -0.3 is 15.8 Å². The fourth-order valence-corrected chi connectivity index (χ4v) is 2.65. The van der Waals surface area contributed by atoms with E-state index in [0.29, 0.717) is 11.3 Å². The molecule has 0 saturated carbocycles. The van der Waals surface area contributed by atoms with Crippen molar-refractivity contribution in [3.63, 3.8) is 0 Å². The predicted molar refractivity (Wildman–Crippen MR) is 115 cm³/mol. The zero-order valence-electron chi connectivity index (χ0n) is 17.4. The van der Waals surface area contributed by atoms with E-state index in [9.17, 15) is 9.59 Å². The number of rotatable bonds is 6. The van der Waals surface area contributed by atoms with E-state index in [1.165, 1.54) is 11.1 Å². The summed E-state index contributed by atoms with van der Waals surface area (Å²) in [7, 11) is 0. The van der Waals surface area contributed by atoms with Gasteiger partial charge in [0, 0.05) is 16.7 Å². The van der Waals surface area contributed by atoms with Crippen LogP contribution in [0.1, 0.15) is 37.6 Å². The van der Waals surface area contributed by atoms with Gasteiger partial charge in [0.25, 0.3) is 11.8 Å². The van der Waals surface area contributed by atoms with Crippen molar-refractivity contribution in [3.8, 4) is 17.6 Å². The molecular formula is C23H27N3O4. The second-order valence-corrected chi connectivity index (χ2v) is 7.50. The number of nitrogens with two attached hydrogens (primary N) is 1. The smallest absolute Gasteiger partial charge is 0.267 e. The van der Waals surface area contributed by atoms with Gasteiger partial charge in [-0.15, -0.1) is 0 Å². The molecule has 0 bridgehead atoms. The van der Waals surface area contributed by atoms with Crippen LogP contribution in [-0.4, -0.2) is 35.2 Å². The number of carbonyl (C=O) groups excluding carboxylic acids is 2. The van der Waals surface area contributed by atoms with Crippen molar-refractivity contribution in [1.82, 2.24) is 10.8 Å². The van der Waals surface area contributed by atoms with Crippen molar-refractivity contribution in [2.24, 2.45) is 5.73 Å². The highest BCUT2D eigenvalue weighted by Gasteiger charge is 2.33. The molecule has 1 unspecified atom stereocenters. The summed E-state index contributed by atoms with van der Waals surface area (Å²) in [6.45, 7) is 5.41. The van der Waals surface area contributed by atoms with Crippen LogP contribution < -0.4 is 21.3 Å². The number of hydrogen-bond acceptors (Lipinski definition) is 5. The number of benzene rings is 1. The SMILES string of the molecule is CC1=CCC=C(C#CCOc2ccc(C(=O)NC(C(=O)NO)C(C)(C)N)cc2)C=C1. The molecule has 0 saturated heterocycles. The molecule has 0 aromatic heterocycles. The molecule has 0 radical (unpaired) electrons. The monoisotopic (exact) mass is 409 g/mol. The summed E-state index contributed by atoms with van der Waals surface area (Å²) in [5.74, 6) is 5.31. The van der Waals surface area contributed by atoms with Crippen molar-refractivity contribution in [1.29, 1.82) is 0 Å². The van der Waals surface area contributed by atoms with Crippen molar-refractivity contribution < 1.29 is 19.5 Å². The first-order chi connectivity index (χ1) is 14.2. The lowest BCUT2D eigenvalue weighted by Crippen LogP contribution is -2.61. The standard InChI is InChI=1S/C23H27N3O4/c1-16-6-4-7-17(10-9-16)8-5-15-30-19-13-11-18(12-14-19)21(27)25-20(22(28)26-29)23(2,3)24/h6-7,9-14,20,29H,4,15,24H2,1-3H3,(H,25,27)(H,26,28). The molecule has 7 nitrogen and oxygen atoms in total. The number of nitrogens with one attached hydrogen (secondary N) is 2. The van der Waals surface area contributed by atoms with Crippen LogP contribution in [-0.2, 0) is 4.79 Å². The van der Waals surface area contributed by atoms with Crippen LogP contribution in [0.25, 0.3) is 0 Å². The first-order valence-electron chi connectivity index (χ1n) is 9.51. The van der Waals surface area contributed by atoms with Crippen LogP contribution in [0.4, 0.5) is 0 Å². The Morgan fingerprint density at radius 1 is 1.23 bits per heavy atom. The fourth-order valence-electron chi connectivity index (χ4n) is 2.65. The van der Waals surface area contributed by atoms with E-state index in [0.717, 1.165) is 12.0 Å². The Hall–Kier alpha value is -3.34. The number of amides is 2. The van der Waals surface area contributed by atoms with E-state index in [1.54, 1.807) is 38.1 Å². The molecule has 2 amide bonds. The summed E-state index contributed by atoms with van der Waals surface area (Å²) < 4.78 is 5.59.